The standard InChI is InChI=1S/C13H23NO3/c1-4-10(12(16)17)14-11(15)9-6-5-7-13(2,3)8-9/h9-10H,4-8H2,1-3H3,(H,14,15)(H,16,17). The number of carbonyl (C=O) groups excluding carboxylic acids is 1. The van der Waals surface area contributed by atoms with Crippen LogP contribution in [0.2, 0.25) is 0 Å². The van der Waals surface area contributed by atoms with Crippen molar-refractivity contribution in [2.24, 2.45) is 11.3 Å². The van der Waals surface area contributed by atoms with E-state index in [9.17, 15) is 9.59 Å². The Morgan fingerprint density at radius 2 is 2.12 bits per heavy atom. The smallest absolute Gasteiger partial charge is 0.326 e. The first-order valence-corrected chi connectivity index (χ1v) is 6.39. The van der Waals surface area contributed by atoms with E-state index < -0.39 is 12.0 Å². The number of carbonyl (C=O) groups is 2. The second kappa shape index (κ2) is 5.52. The van der Waals surface area contributed by atoms with Crippen molar-refractivity contribution in [1.82, 2.24) is 5.32 Å². The molecule has 17 heavy (non-hydrogen) atoms. The summed E-state index contributed by atoms with van der Waals surface area (Å²) in [4.78, 5) is 22.8. The van der Waals surface area contributed by atoms with E-state index in [0.29, 0.717) is 6.42 Å². The van der Waals surface area contributed by atoms with Crippen molar-refractivity contribution in [3.05, 3.63) is 0 Å². The van der Waals surface area contributed by atoms with E-state index in [-0.39, 0.29) is 17.2 Å². The molecule has 1 rings (SSSR count). The van der Waals surface area contributed by atoms with Crippen molar-refractivity contribution in [2.75, 3.05) is 0 Å². The summed E-state index contributed by atoms with van der Waals surface area (Å²) in [5.41, 5.74) is 0.200. The molecule has 0 radical (unpaired) electrons. The summed E-state index contributed by atoms with van der Waals surface area (Å²) >= 11 is 0. The zero-order valence-electron chi connectivity index (χ0n) is 11.0. The van der Waals surface area contributed by atoms with E-state index in [4.69, 9.17) is 5.11 Å². The largest absolute Gasteiger partial charge is 0.480 e. The van der Waals surface area contributed by atoms with Crippen LogP contribution in [0.4, 0.5) is 0 Å². The topological polar surface area (TPSA) is 66.4 Å². The lowest BCUT2D eigenvalue weighted by Gasteiger charge is -2.34. The van der Waals surface area contributed by atoms with Gasteiger partial charge in [0.2, 0.25) is 5.91 Å². The molecule has 2 atom stereocenters. The van der Waals surface area contributed by atoms with Gasteiger partial charge in [0.25, 0.3) is 0 Å². The Bertz CT molecular complexity index is 299. The van der Waals surface area contributed by atoms with Crippen LogP contribution in [0.15, 0.2) is 0 Å². The van der Waals surface area contributed by atoms with E-state index in [1.807, 2.05) is 0 Å². The number of aliphatic carboxylic acids is 1. The maximum Gasteiger partial charge on any atom is 0.326 e. The van der Waals surface area contributed by atoms with Gasteiger partial charge < -0.3 is 10.4 Å². The van der Waals surface area contributed by atoms with Crippen LogP contribution in [-0.4, -0.2) is 23.0 Å². The van der Waals surface area contributed by atoms with Crippen molar-refractivity contribution in [2.45, 2.75) is 58.9 Å². The molecule has 1 saturated carbocycles. The van der Waals surface area contributed by atoms with Crippen LogP contribution in [0, 0.1) is 11.3 Å². The van der Waals surface area contributed by atoms with Crippen molar-refractivity contribution in [3.8, 4) is 0 Å². The molecule has 2 unspecified atom stereocenters. The number of carboxylic acid groups (broad SMARTS) is 1. The van der Waals surface area contributed by atoms with E-state index in [0.717, 1.165) is 25.7 Å². The summed E-state index contributed by atoms with van der Waals surface area (Å²) in [6.45, 7) is 6.10. The average molecular weight is 241 g/mol. The Kier molecular flexibility index (Phi) is 4.54. The minimum absolute atomic E-state index is 0.0212. The fourth-order valence-electron chi connectivity index (χ4n) is 2.55. The molecule has 4 heteroatoms. The molecule has 0 aromatic carbocycles. The lowest BCUT2D eigenvalue weighted by atomic mass is 9.72. The molecule has 2 N–H and O–H groups in total. The Balaban J connectivity index is 2.55. The van der Waals surface area contributed by atoms with E-state index >= 15 is 0 Å². The van der Waals surface area contributed by atoms with Crippen molar-refractivity contribution in [3.63, 3.8) is 0 Å². The van der Waals surface area contributed by atoms with Crippen LogP contribution < -0.4 is 5.32 Å². The molecule has 98 valence electrons. The molecule has 0 aromatic heterocycles. The first-order valence-electron chi connectivity index (χ1n) is 6.39. The fourth-order valence-corrected chi connectivity index (χ4v) is 2.55. The van der Waals surface area contributed by atoms with Crippen LogP contribution >= 0.6 is 0 Å². The minimum atomic E-state index is -0.948. The molecule has 0 bridgehead atoms. The monoisotopic (exact) mass is 241 g/mol. The third-order valence-corrected chi connectivity index (χ3v) is 3.60. The van der Waals surface area contributed by atoms with Crippen molar-refractivity contribution in [1.29, 1.82) is 0 Å². The van der Waals surface area contributed by atoms with Gasteiger partial charge in [-0.1, -0.05) is 27.2 Å². The highest BCUT2D eigenvalue weighted by molar-refractivity contribution is 5.85. The molecular weight excluding hydrogens is 218 g/mol. The third kappa shape index (κ3) is 4.02. The van der Waals surface area contributed by atoms with Gasteiger partial charge in [0.1, 0.15) is 6.04 Å². The van der Waals surface area contributed by atoms with Crippen molar-refractivity contribution < 1.29 is 14.7 Å². The van der Waals surface area contributed by atoms with Gasteiger partial charge in [-0.3, -0.25) is 4.79 Å². The molecule has 1 aliphatic carbocycles. The van der Waals surface area contributed by atoms with Crippen LogP contribution in [-0.2, 0) is 9.59 Å². The minimum Gasteiger partial charge on any atom is -0.480 e. The summed E-state index contributed by atoms with van der Waals surface area (Å²) in [5, 5.41) is 11.5. The summed E-state index contributed by atoms with van der Waals surface area (Å²) < 4.78 is 0. The molecule has 0 heterocycles. The van der Waals surface area contributed by atoms with Crippen LogP contribution in [0.1, 0.15) is 52.9 Å². The first-order chi connectivity index (χ1) is 7.85. The average Bonchev–Trinajstić information content (AvgIpc) is 2.23. The highest BCUT2D eigenvalue weighted by atomic mass is 16.4. The number of rotatable bonds is 4. The SMILES string of the molecule is CCC(NC(=O)C1CCCC(C)(C)C1)C(=O)O. The van der Waals surface area contributed by atoms with Gasteiger partial charge in [-0.15, -0.1) is 0 Å². The molecule has 1 fully saturated rings. The lowest BCUT2D eigenvalue weighted by molar-refractivity contribution is -0.143. The molecule has 0 aliphatic heterocycles. The van der Waals surface area contributed by atoms with Crippen molar-refractivity contribution >= 4 is 11.9 Å². The lowest BCUT2D eigenvalue weighted by Crippen LogP contribution is -2.44. The Labute approximate surface area is 103 Å². The van der Waals surface area contributed by atoms with Gasteiger partial charge in [0.05, 0.1) is 0 Å². The Morgan fingerprint density at radius 1 is 1.47 bits per heavy atom. The molecule has 1 aliphatic rings. The summed E-state index contributed by atoms with van der Waals surface area (Å²) in [7, 11) is 0. The van der Waals surface area contributed by atoms with Gasteiger partial charge >= 0.3 is 5.97 Å². The maximum atomic E-state index is 12.0. The number of carboxylic acids is 1. The Hall–Kier alpha value is -1.06. The molecule has 0 spiro atoms. The summed E-state index contributed by atoms with van der Waals surface area (Å²) in [6, 6.07) is -0.743. The van der Waals surface area contributed by atoms with E-state index in [1.165, 1.54) is 0 Å². The zero-order chi connectivity index (χ0) is 13.1. The summed E-state index contributed by atoms with van der Waals surface area (Å²) in [6.07, 6.45) is 4.36. The third-order valence-electron chi connectivity index (χ3n) is 3.60. The highest BCUT2D eigenvalue weighted by Gasteiger charge is 2.33. The molecule has 1 amide bonds. The second-order valence-corrected chi connectivity index (χ2v) is 5.77. The number of nitrogens with one attached hydrogen (secondary N) is 1. The quantitative estimate of drug-likeness (QED) is 0.792. The maximum absolute atomic E-state index is 12.0. The van der Waals surface area contributed by atoms with Gasteiger partial charge in [-0.25, -0.2) is 4.79 Å². The first kappa shape index (κ1) is 14.0. The highest BCUT2D eigenvalue weighted by Crippen LogP contribution is 2.38. The number of amides is 1. The van der Waals surface area contributed by atoms with Gasteiger partial charge in [0, 0.05) is 5.92 Å². The van der Waals surface area contributed by atoms with Gasteiger partial charge in [0.15, 0.2) is 0 Å². The number of hydrogen-bond acceptors (Lipinski definition) is 2. The van der Waals surface area contributed by atoms with E-state index in [1.54, 1.807) is 6.92 Å². The van der Waals surface area contributed by atoms with Crippen LogP contribution in [0.25, 0.3) is 0 Å². The molecular formula is C13H23NO3. The number of hydrogen-bond donors (Lipinski definition) is 2. The van der Waals surface area contributed by atoms with Gasteiger partial charge in [-0.2, -0.15) is 0 Å². The Morgan fingerprint density at radius 3 is 2.59 bits per heavy atom. The second-order valence-electron chi connectivity index (χ2n) is 5.77. The van der Waals surface area contributed by atoms with Gasteiger partial charge in [-0.05, 0) is 31.1 Å². The van der Waals surface area contributed by atoms with Crippen LogP contribution in [0.5, 0.6) is 0 Å². The molecule has 4 nitrogen and oxygen atoms in total. The molecule has 0 aromatic rings. The predicted molar refractivity (Wildman–Crippen MR) is 65.6 cm³/mol. The summed E-state index contributed by atoms with van der Waals surface area (Å²) in [5.74, 6) is -1.06. The van der Waals surface area contributed by atoms with E-state index in [2.05, 4.69) is 19.2 Å². The van der Waals surface area contributed by atoms with Crippen LogP contribution in [0.3, 0.4) is 0 Å². The zero-order valence-corrected chi connectivity index (χ0v) is 11.0. The predicted octanol–water partition coefficient (Wildman–Crippen LogP) is 2.18. The molecule has 0 saturated heterocycles. The normalized spacial score (nSPS) is 25.0. The fraction of sp³-hybridized carbons (Fsp3) is 0.846.